The average molecular weight is 279 g/mol. The van der Waals surface area contributed by atoms with Crippen molar-refractivity contribution in [2.45, 2.75) is 13.3 Å². The molecule has 1 aromatic rings. The number of fused-ring (bicyclic) bond motifs is 1. The fourth-order valence-electron chi connectivity index (χ4n) is 2.05. The van der Waals surface area contributed by atoms with Crippen molar-refractivity contribution >= 4 is 17.3 Å². The fourth-order valence-corrected chi connectivity index (χ4v) is 2.05. The molecule has 1 aromatic carbocycles. The Morgan fingerprint density at radius 1 is 1.10 bits per heavy atom. The highest BCUT2D eigenvalue weighted by Crippen LogP contribution is 2.49. The first-order valence-corrected chi connectivity index (χ1v) is 5.56. The average Bonchev–Trinajstić information content (AvgIpc) is 2.37. The topological polar surface area (TPSA) is 138 Å². The molecule has 0 heterocycles. The minimum absolute atomic E-state index is 0.0530. The number of carbonyl (C=O) groups excluding carboxylic acids is 2. The van der Waals surface area contributed by atoms with Crippen LogP contribution in [-0.4, -0.2) is 31.8 Å². The number of benzene rings is 1. The second kappa shape index (κ2) is 4.34. The smallest absolute Gasteiger partial charge is 0.356 e. The van der Waals surface area contributed by atoms with Crippen molar-refractivity contribution in [1.82, 2.24) is 0 Å². The second-order valence-electron chi connectivity index (χ2n) is 4.12. The molecule has 8 heteroatoms. The maximum absolute atomic E-state index is 12.1. The molecule has 0 aliphatic heterocycles. The van der Waals surface area contributed by atoms with Crippen LogP contribution < -0.4 is 0 Å². The third kappa shape index (κ3) is 1.62. The summed E-state index contributed by atoms with van der Waals surface area (Å²) in [5, 5.41) is 39.8. The van der Waals surface area contributed by atoms with Gasteiger partial charge in [-0.25, -0.2) is 0 Å². The molecule has 0 unspecified atom stereocenters. The standard InChI is InChI=1S/C12H9NO7/c1-2-4-3-5(14)6-7(9(4)15)10(16)8(13(19)20)12(18)11(6)17/h3,16-18H,2H2,1H3. The summed E-state index contributed by atoms with van der Waals surface area (Å²) in [4.78, 5) is 33.5. The normalized spacial score (nSPS) is 13.9. The third-order valence-electron chi connectivity index (χ3n) is 3.03. The summed E-state index contributed by atoms with van der Waals surface area (Å²) in [6.45, 7) is 1.59. The van der Waals surface area contributed by atoms with Gasteiger partial charge in [0.25, 0.3) is 0 Å². The van der Waals surface area contributed by atoms with Crippen LogP contribution in [0.15, 0.2) is 11.6 Å². The molecular formula is C12H9NO7. The van der Waals surface area contributed by atoms with Crippen molar-refractivity contribution in [2.24, 2.45) is 0 Å². The molecule has 0 radical (unpaired) electrons. The SMILES string of the molecule is CCC1=CC(=O)c2c(O)c(O)c([N+](=O)[O-])c(O)c2C1=O. The molecule has 0 bridgehead atoms. The van der Waals surface area contributed by atoms with E-state index in [1.165, 1.54) is 0 Å². The summed E-state index contributed by atoms with van der Waals surface area (Å²) in [5.41, 5.74) is -2.44. The molecule has 2 rings (SSSR count). The molecule has 8 nitrogen and oxygen atoms in total. The van der Waals surface area contributed by atoms with E-state index in [0.29, 0.717) is 0 Å². The predicted octanol–water partition coefficient (Wildman–Crippen LogP) is 1.43. The summed E-state index contributed by atoms with van der Waals surface area (Å²) in [5.74, 6) is -5.07. The minimum Gasteiger partial charge on any atom is -0.504 e. The first-order valence-electron chi connectivity index (χ1n) is 5.56. The van der Waals surface area contributed by atoms with Crippen LogP contribution in [0.4, 0.5) is 5.69 Å². The van der Waals surface area contributed by atoms with E-state index in [0.717, 1.165) is 6.08 Å². The Hall–Kier alpha value is -2.90. The van der Waals surface area contributed by atoms with Crippen LogP contribution in [0.1, 0.15) is 34.1 Å². The van der Waals surface area contributed by atoms with Gasteiger partial charge in [0.2, 0.25) is 11.5 Å². The van der Waals surface area contributed by atoms with Gasteiger partial charge in [0, 0.05) is 5.57 Å². The number of hydrogen-bond acceptors (Lipinski definition) is 7. The molecule has 0 amide bonds. The maximum Gasteiger partial charge on any atom is 0.356 e. The Labute approximate surface area is 111 Å². The number of nitro groups is 1. The van der Waals surface area contributed by atoms with Crippen molar-refractivity contribution in [1.29, 1.82) is 0 Å². The zero-order valence-electron chi connectivity index (χ0n) is 10.2. The Kier molecular flexibility index (Phi) is 2.93. The predicted molar refractivity (Wildman–Crippen MR) is 65.1 cm³/mol. The molecule has 0 atom stereocenters. The molecule has 0 aromatic heterocycles. The Morgan fingerprint density at radius 3 is 2.20 bits per heavy atom. The van der Waals surface area contributed by atoms with E-state index in [1.54, 1.807) is 6.92 Å². The highest BCUT2D eigenvalue weighted by Gasteiger charge is 2.38. The van der Waals surface area contributed by atoms with Crippen LogP contribution in [-0.2, 0) is 0 Å². The molecule has 0 saturated heterocycles. The van der Waals surface area contributed by atoms with Crippen LogP contribution in [0, 0.1) is 10.1 Å². The number of rotatable bonds is 2. The number of hydrogen-bond donors (Lipinski definition) is 3. The van der Waals surface area contributed by atoms with E-state index in [-0.39, 0.29) is 12.0 Å². The number of aromatic hydroxyl groups is 3. The molecule has 0 spiro atoms. The lowest BCUT2D eigenvalue weighted by molar-refractivity contribution is -0.387. The van der Waals surface area contributed by atoms with E-state index in [9.17, 15) is 35.0 Å². The first-order chi connectivity index (χ1) is 9.31. The Balaban J connectivity index is 2.91. The lowest BCUT2D eigenvalue weighted by atomic mass is 9.86. The number of Topliss-reactive ketones (excluding diaryl/α,β-unsaturated/α-hetero) is 1. The highest BCUT2D eigenvalue weighted by molar-refractivity contribution is 6.27. The van der Waals surface area contributed by atoms with Gasteiger partial charge in [-0.05, 0) is 12.5 Å². The number of ketones is 2. The zero-order valence-corrected chi connectivity index (χ0v) is 10.2. The van der Waals surface area contributed by atoms with Gasteiger partial charge >= 0.3 is 5.69 Å². The third-order valence-corrected chi connectivity index (χ3v) is 3.03. The summed E-state index contributed by atoms with van der Waals surface area (Å²) in [6.07, 6.45) is 1.15. The second-order valence-corrected chi connectivity index (χ2v) is 4.12. The van der Waals surface area contributed by atoms with E-state index >= 15 is 0 Å². The number of phenols is 3. The zero-order chi connectivity index (χ0) is 15.2. The molecule has 20 heavy (non-hydrogen) atoms. The van der Waals surface area contributed by atoms with E-state index in [2.05, 4.69) is 0 Å². The molecule has 3 N–H and O–H groups in total. The molecule has 104 valence electrons. The van der Waals surface area contributed by atoms with Gasteiger partial charge in [0.15, 0.2) is 17.3 Å². The molecule has 1 aliphatic carbocycles. The van der Waals surface area contributed by atoms with Gasteiger partial charge < -0.3 is 15.3 Å². The Morgan fingerprint density at radius 2 is 1.70 bits per heavy atom. The van der Waals surface area contributed by atoms with E-state index < -0.39 is 50.6 Å². The van der Waals surface area contributed by atoms with E-state index in [1.807, 2.05) is 0 Å². The number of nitro benzene ring substituents is 1. The van der Waals surface area contributed by atoms with Crippen LogP contribution in [0.25, 0.3) is 0 Å². The highest BCUT2D eigenvalue weighted by atomic mass is 16.6. The summed E-state index contributed by atoms with van der Waals surface area (Å²) >= 11 is 0. The summed E-state index contributed by atoms with van der Waals surface area (Å²) in [6, 6.07) is 0. The van der Waals surface area contributed by atoms with Gasteiger partial charge in [-0.15, -0.1) is 0 Å². The van der Waals surface area contributed by atoms with Crippen molar-refractivity contribution < 1.29 is 29.8 Å². The largest absolute Gasteiger partial charge is 0.504 e. The monoisotopic (exact) mass is 279 g/mol. The van der Waals surface area contributed by atoms with Crippen molar-refractivity contribution in [3.63, 3.8) is 0 Å². The minimum atomic E-state index is -1.25. The van der Waals surface area contributed by atoms with Crippen LogP contribution in [0.2, 0.25) is 0 Å². The van der Waals surface area contributed by atoms with Crippen molar-refractivity contribution in [3.05, 3.63) is 32.9 Å². The number of phenolic OH excluding ortho intramolecular Hbond substituents is 3. The van der Waals surface area contributed by atoms with Crippen LogP contribution in [0.5, 0.6) is 17.2 Å². The van der Waals surface area contributed by atoms with Crippen molar-refractivity contribution in [2.75, 3.05) is 0 Å². The number of nitrogens with zero attached hydrogens (tertiary/aromatic N) is 1. The quantitative estimate of drug-likeness (QED) is 0.322. The first kappa shape index (κ1) is 13.5. The molecular weight excluding hydrogens is 270 g/mol. The van der Waals surface area contributed by atoms with Crippen LogP contribution >= 0.6 is 0 Å². The summed E-state index contributed by atoms with van der Waals surface area (Å²) < 4.78 is 0. The van der Waals surface area contributed by atoms with Gasteiger partial charge in [0.1, 0.15) is 0 Å². The number of allylic oxidation sites excluding steroid dienone is 2. The number of carbonyl (C=O) groups is 2. The van der Waals surface area contributed by atoms with Crippen molar-refractivity contribution in [3.8, 4) is 17.2 Å². The van der Waals surface area contributed by atoms with Gasteiger partial charge in [-0.3, -0.25) is 19.7 Å². The van der Waals surface area contributed by atoms with E-state index in [4.69, 9.17) is 0 Å². The summed E-state index contributed by atoms with van der Waals surface area (Å²) in [7, 11) is 0. The molecule has 0 saturated carbocycles. The molecule has 1 aliphatic rings. The molecule has 0 fully saturated rings. The van der Waals surface area contributed by atoms with Gasteiger partial charge in [0.05, 0.1) is 16.1 Å². The Bertz CT molecular complexity index is 702. The lowest BCUT2D eigenvalue weighted by Gasteiger charge is -2.17. The fraction of sp³-hybridized carbons (Fsp3) is 0.167. The van der Waals surface area contributed by atoms with Gasteiger partial charge in [-0.1, -0.05) is 6.92 Å². The maximum atomic E-state index is 12.1. The van der Waals surface area contributed by atoms with Gasteiger partial charge in [-0.2, -0.15) is 0 Å². The van der Waals surface area contributed by atoms with Crippen LogP contribution in [0.3, 0.4) is 0 Å². The lowest BCUT2D eigenvalue weighted by Crippen LogP contribution is -2.17.